The molecule has 0 aromatic heterocycles. The Morgan fingerprint density at radius 3 is 2.63 bits per heavy atom. The fourth-order valence-corrected chi connectivity index (χ4v) is 2.41. The molecule has 2 nitrogen and oxygen atoms in total. The molecule has 1 aliphatic rings. The van der Waals surface area contributed by atoms with Crippen molar-refractivity contribution in [1.82, 2.24) is 0 Å². The van der Waals surface area contributed by atoms with Crippen LogP contribution in [0.1, 0.15) is 36.9 Å². The average Bonchev–Trinajstić information content (AvgIpc) is 2.47. The van der Waals surface area contributed by atoms with E-state index in [4.69, 9.17) is 4.74 Å². The summed E-state index contributed by atoms with van der Waals surface area (Å²) in [6.45, 7) is 5.10. The second-order valence-electron chi connectivity index (χ2n) is 5.33. The fraction of sp³-hybridized carbons (Fsp3) is 0.294. The maximum Gasteiger partial charge on any atom is 0.142 e. The highest BCUT2D eigenvalue weighted by molar-refractivity contribution is 5.61. The van der Waals surface area contributed by atoms with Crippen LogP contribution in [0.25, 0.3) is 0 Å². The van der Waals surface area contributed by atoms with Gasteiger partial charge in [-0.1, -0.05) is 50.2 Å². The Kier molecular flexibility index (Phi) is 3.16. The minimum Gasteiger partial charge on any atom is -0.489 e. The summed E-state index contributed by atoms with van der Waals surface area (Å²) in [5.74, 6) is 1.49. The van der Waals surface area contributed by atoms with Crippen LogP contribution in [0, 0.1) is 0 Å². The van der Waals surface area contributed by atoms with E-state index in [1.807, 2.05) is 6.07 Å². The van der Waals surface area contributed by atoms with Crippen LogP contribution < -0.4 is 10.1 Å². The summed E-state index contributed by atoms with van der Waals surface area (Å²) in [4.78, 5) is 0. The molecule has 0 spiro atoms. The summed E-state index contributed by atoms with van der Waals surface area (Å²) in [5, 5.41) is 3.58. The van der Waals surface area contributed by atoms with Gasteiger partial charge in [0.15, 0.2) is 0 Å². The number of hydrogen-bond acceptors (Lipinski definition) is 2. The van der Waals surface area contributed by atoms with Crippen molar-refractivity contribution in [1.29, 1.82) is 0 Å². The summed E-state index contributed by atoms with van der Waals surface area (Å²) >= 11 is 0. The van der Waals surface area contributed by atoms with E-state index < -0.39 is 0 Å². The van der Waals surface area contributed by atoms with E-state index in [1.165, 1.54) is 11.1 Å². The normalized spacial score (nSPS) is 17.5. The first-order valence-corrected chi connectivity index (χ1v) is 6.82. The van der Waals surface area contributed by atoms with Gasteiger partial charge in [-0.25, -0.2) is 0 Å². The van der Waals surface area contributed by atoms with Crippen LogP contribution in [0.15, 0.2) is 48.5 Å². The predicted molar refractivity (Wildman–Crippen MR) is 78.8 cm³/mol. The predicted octanol–water partition coefficient (Wildman–Crippen LogP) is 4.36. The molecule has 0 saturated heterocycles. The molecule has 1 heterocycles. The van der Waals surface area contributed by atoms with Crippen LogP contribution >= 0.6 is 0 Å². The highest BCUT2D eigenvalue weighted by Crippen LogP contribution is 2.35. The molecule has 0 bridgehead atoms. The number of benzene rings is 2. The Labute approximate surface area is 114 Å². The van der Waals surface area contributed by atoms with Crippen LogP contribution in [0.3, 0.4) is 0 Å². The summed E-state index contributed by atoms with van der Waals surface area (Å²) < 4.78 is 5.86. The standard InChI is InChI=1S/C17H19NO/c1-12(2)14-8-9-17-15(10-14)18-16(11-19-17)13-6-4-3-5-7-13/h3-10,12,16,18H,11H2,1-2H3. The van der Waals surface area contributed by atoms with E-state index in [-0.39, 0.29) is 6.04 Å². The summed E-state index contributed by atoms with van der Waals surface area (Å²) in [6.07, 6.45) is 0. The summed E-state index contributed by atoms with van der Waals surface area (Å²) in [5.41, 5.74) is 3.71. The third-order valence-electron chi connectivity index (χ3n) is 3.61. The van der Waals surface area contributed by atoms with Crippen molar-refractivity contribution >= 4 is 5.69 Å². The lowest BCUT2D eigenvalue weighted by Gasteiger charge is -2.28. The zero-order valence-corrected chi connectivity index (χ0v) is 11.4. The maximum atomic E-state index is 5.86. The van der Waals surface area contributed by atoms with Crippen molar-refractivity contribution < 1.29 is 4.74 Å². The van der Waals surface area contributed by atoms with E-state index in [0.717, 1.165) is 11.4 Å². The molecular weight excluding hydrogens is 234 g/mol. The molecule has 0 amide bonds. The summed E-state index contributed by atoms with van der Waals surface area (Å²) in [7, 11) is 0. The number of anilines is 1. The molecule has 1 N–H and O–H groups in total. The second kappa shape index (κ2) is 4.96. The molecular formula is C17H19NO. The van der Waals surface area contributed by atoms with Crippen molar-refractivity contribution in [3.8, 4) is 5.75 Å². The fourth-order valence-electron chi connectivity index (χ4n) is 2.41. The number of fused-ring (bicyclic) bond motifs is 1. The van der Waals surface area contributed by atoms with E-state index in [0.29, 0.717) is 12.5 Å². The highest BCUT2D eigenvalue weighted by atomic mass is 16.5. The molecule has 2 aromatic carbocycles. The Balaban J connectivity index is 1.88. The largest absolute Gasteiger partial charge is 0.489 e. The van der Waals surface area contributed by atoms with Crippen molar-refractivity contribution in [3.05, 3.63) is 59.7 Å². The zero-order chi connectivity index (χ0) is 13.2. The molecule has 3 rings (SSSR count). The van der Waals surface area contributed by atoms with Gasteiger partial charge in [-0.3, -0.25) is 0 Å². The SMILES string of the molecule is CC(C)c1ccc2c(c1)NC(c1ccccc1)CO2. The van der Waals surface area contributed by atoms with Crippen molar-refractivity contribution in [3.63, 3.8) is 0 Å². The molecule has 2 heteroatoms. The van der Waals surface area contributed by atoms with Gasteiger partial charge in [0.1, 0.15) is 12.4 Å². The summed E-state index contributed by atoms with van der Waals surface area (Å²) in [6, 6.07) is 17.1. The lowest BCUT2D eigenvalue weighted by Crippen LogP contribution is -2.24. The van der Waals surface area contributed by atoms with Gasteiger partial charge in [0.25, 0.3) is 0 Å². The van der Waals surface area contributed by atoms with Crippen LogP contribution in [0.2, 0.25) is 0 Å². The minimum atomic E-state index is 0.233. The second-order valence-corrected chi connectivity index (χ2v) is 5.33. The molecule has 0 radical (unpaired) electrons. The van der Waals surface area contributed by atoms with Gasteiger partial charge >= 0.3 is 0 Å². The monoisotopic (exact) mass is 253 g/mol. The average molecular weight is 253 g/mol. The molecule has 1 atom stereocenters. The highest BCUT2D eigenvalue weighted by Gasteiger charge is 2.20. The Morgan fingerprint density at radius 2 is 1.89 bits per heavy atom. The van der Waals surface area contributed by atoms with E-state index in [1.54, 1.807) is 0 Å². The van der Waals surface area contributed by atoms with Gasteiger partial charge in [-0.05, 0) is 29.2 Å². The first-order valence-electron chi connectivity index (χ1n) is 6.82. The van der Waals surface area contributed by atoms with Gasteiger partial charge in [-0.2, -0.15) is 0 Å². The molecule has 2 aromatic rings. The number of hydrogen-bond donors (Lipinski definition) is 1. The van der Waals surface area contributed by atoms with Crippen molar-refractivity contribution in [2.75, 3.05) is 11.9 Å². The number of rotatable bonds is 2. The molecule has 0 aliphatic carbocycles. The number of ether oxygens (including phenoxy) is 1. The van der Waals surface area contributed by atoms with Crippen molar-refractivity contribution in [2.45, 2.75) is 25.8 Å². The van der Waals surface area contributed by atoms with Gasteiger partial charge in [0, 0.05) is 0 Å². The molecule has 0 fully saturated rings. The van der Waals surface area contributed by atoms with Gasteiger partial charge < -0.3 is 10.1 Å². The Bertz CT molecular complexity index is 563. The third kappa shape index (κ3) is 2.43. The smallest absolute Gasteiger partial charge is 0.142 e. The first kappa shape index (κ1) is 12.1. The molecule has 0 saturated carbocycles. The van der Waals surface area contributed by atoms with Gasteiger partial charge in [0.05, 0.1) is 11.7 Å². The van der Waals surface area contributed by atoms with Crippen LogP contribution in [-0.4, -0.2) is 6.61 Å². The zero-order valence-electron chi connectivity index (χ0n) is 11.4. The Hall–Kier alpha value is -1.96. The quantitative estimate of drug-likeness (QED) is 0.858. The van der Waals surface area contributed by atoms with Crippen LogP contribution in [-0.2, 0) is 0 Å². The molecule has 1 unspecified atom stereocenters. The lowest BCUT2D eigenvalue weighted by molar-refractivity contribution is 0.286. The maximum absolute atomic E-state index is 5.86. The van der Waals surface area contributed by atoms with Crippen LogP contribution in [0.4, 0.5) is 5.69 Å². The van der Waals surface area contributed by atoms with Crippen molar-refractivity contribution in [2.24, 2.45) is 0 Å². The van der Waals surface area contributed by atoms with Gasteiger partial charge in [-0.15, -0.1) is 0 Å². The van der Waals surface area contributed by atoms with E-state index in [9.17, 15) is 0 Å². The first-order chi connectivity index (χ1) is 9.24. The molecule has 98 valence electrons. The molecule has 1 aliphatic heterocycles. The van der Waals surface area contributed by atoms with E-state index >= 15 is 0 Å². The number of nitrogens with one attached hydrogen (secondary N) is 1. The minimum absolute atomic E-state index is 0.233. The van der Waals surface area contributed by atoms with E-state index in [2.05, 4.69) is 61.6 Å². The lowest BCUT2D eigenvalue weighted by atomic mass is 10.0. The Morgan fingerprint density at radius 1 is 1.11 bits per heavy atom. The third-order valence-corrected chi connectivity index (χ3v) is 3.61. The topological polar surface area (TPSA) is 21.3 Å². The molecule has 19 heavy (non-hydrogen) atoms. The van der Waals surface area contributed by atoms with Crippen LogP contribution in [0.5, 0.6) is 5.75 Å². The van der Waals surface area contributed by atoms with Gasteiger partial charge in [0.2, 0.25) is 0 Å².